The molecule has 2 heterocycles. The van der Waals surface area contributed by atoms with Crippen molar-refractivity contribution in [2.75, 3.05) is 11.4 Å². The summed E-state index contributed by atoms with van der Waals surface area (Å²) in [5, 5.41) is 0. The van der Waals surface area contributed by atoms with E-state index in [1.54, 1.807) is 35.2 Å². The van der Waals surface area contributed by atoms with Gasteiger partial charge in [0, 0.05) is 24.2 Å². The average molecular weight is 422 g/mol. The van der Waals surface area contributed by atoms with Gasteiger partial charge in [-0.05, 0) is 58.2 Å². The van der Waals surface area contributed by atoms with Crippen molar-refractivity contribution in [1.82, 2.24) is 10.9 Å². The molecule has 3 amide bonds. The van der Waals surface area contributed by atoms with E-state index in [0.29, 0.717) is 23.4 Å². The summed E-state index contributed by atoms with van der Waals surface area (Å²) < 4.78 is 0.841. The van der Waals surface area contributed by atoms with Crippen LogP contribution in [0.15, 0.2) is 34.1 Å². The topological polar surface area (TPSA) is 78.5 Å². The number of thiophene rings is 1. The van der Waals surface area contributed by atoms with Gasteiger partial charge in [-0.2, -0.15) is 0 Å². The highest BCUT2D eigenvalue weighted by Gasteiger charge is 2.24. The monoisotopic (exact) mass is 421 g/mol. The van der Waals surface area contributed by atoms with Gasteiger partial charge in [0.2, 0.25) is 5.91 Å². The van der Waals surface area contributed by atoms with E-state index < -0.39 is 5.91 Å². The first kappa shape index (κ1) is 17.6. The molecule has 6 nitrogen and oxygen atoms in total. The fourth-order valence-corrected chi connectivity index (χ4v) is 3.96. The minimum absolute atomic E-state index is 0.0744. The first-order valence-electron chi connectivity index (χ1n) is 7.79. The van der Waals surface area contributed by atoms with Crippen LogP contribution in [-0.4, -0.2) is 24.3 Å². The number of carbonyl (C=O) groups is 3. The summed E-state index contributed by atoms with van der Waals surface area (Å²) in [5.74, 6) is -0.692. The van der Waals surface area contributed by atoms with Gasteiger partial charge in [-0.1, -0.05) is 6.92 Å². The number of nitrogens with one attached hydrogen (secondary N) is 2. The molecule has 0 spiro atoms. The molecule has 0 saturated carbocycles. The zero-order chi connectivity index (χ0) is 18.0. The third kappa shape index (κ3) is 3.74. The SMILES string of the molecule is CCC(=O)N1CCc2cc(C(=O)NNC(=O)c3ccc(Br)s3)ccc21. The van der Waals surface area contributed by atoms with E-state index in [-0.39, 0.29) is 11.8 Å². The lowest BCUT2D eigenvalue weighted by Crippen LogP contribution is -2.41. The summed E-state index contributed by atoms with van der Waals surface area (Å²) in [6, 6.07) is 8.64. The normalized spacial score (nSPS) is 12.6. The molecular weight excluding hydrogens is 406 g/mol. The van der Waals surface area contributed by atoms with E-state index in [9.17, 15) is 14.4 Å². The number of benzene rings is 1. The number of rotatable bonds is 3. The van der Waals surface area contributed by atoms with Gasteiger partial charge in [0.05, 0.1) is 8.66 Å². The molecule has 130 valence electrons. The molecule has 0 aliphatic carbocycles. The predicted octanol–water partition coefficient (Wildman–Crippen LogP) is 2.88. The lowest BCUT2D eigenvalue weighted by atomic mass is 10.1. The minimum Gasteiger partial charge on any atom is -0.312 e. The first-order valence-corrected chi connectivity index (χ1v) is 9.40. The van der Waals surface area contributed by atoms with Crippen LogP contribution in [0.3, 0.4) is 0 Å². The van der Waals surface area contributed by atoms with Gasteiger partial charge in [0.15, 0.2) is 0 Å². The second-order valence-electron chi connectivity index (χ2n) is 5.50. The number of nitrogens with zero attached hydrogens (tertiary/aromatic N) is 1. The molecule has 8 heteroatoms. The molecule has 1 aliphatic rings. The summed E-state index contributed by atoms with van der Waals surface area (Å²) in [6.45, 7) is 2.47. The molecule has 0 fully saturated rings. The van der Waals surface area contributed by atoms with Crippen LogP contribution in [0.5, 0.6) is 0 Å². The number of halogens is 1. The van der Waals surface area contributed by atoms with Crippen LogP contribution in [-0.2, 0) is 11.2 Å². The van der Waals surface area contributed by atoms with Crippen LogP contribution >= 0.6 is 27.3 Å². The second kappa shape index (κ2) is 7.37. The Morgan fingerprint density at radius 1 is 1.16 bits per heavy atom. The Balaban J connectivity index is 1.65. The van der Waals surface area contributed by atoms with Gasteiger partial charge in [0.1, 0.15) is 0 Å². The third-order valence-electron chi connectivity index (χ3n) is 3.93. The predicted molar refractivity (Wildman–Crippen MR) is 99.7 cm³/mol. The van der Waals surface area contributed by atoms with Crippen LogP contribution in [0.4, 0.5) is 5.69 Å². The lowest BCUT2D eigenvalue weighted by molar-refractivity contribution is -0.118. The molecule has 2 N–H and O–H groups in total. The number of hydrogen-bond acceptors (Lipinski definition) is 4. The number of anilines is 1. The van der Waals surface area contributed by atoms with Crippen molar-refractivity contribution in [3.8, 4) is 0 Å². The minimum atomic E-state index is -0.396. The lowest BCUT2D eigenvalue weighted by Gasteiger charge is -2.16. The quantitative estimate of drug-likeness (QED) is 0.747. The Morgan fingerprint density at radius 3 is 2.60 bits per heavy atom. The fraction of sp³-hybridized carbons (Fsp3) is 0.235. The van der Waals surface area contributed by atoms with Crippen molar-refractivity contribution in [3.63, 3.8) is 0 Å². The highest BCUT2D eigenvalue weighted by Crippen LogP contribution is 2.29. The van der Waals surface area contributed by atoms with Crippen LogP contribution < -0.4 is 15.8 Å². The van der Waals surface area contributed by atoms with Gasteiger partial charge in [-0.25, -0.2) is 0 Å². The van der Waals surface area contributed by atoms with Gasteiger partial charge >= 0.3 is 0 Å². The van der Waals surface area contributed by atoms with E-state index in [1.165, 1.54) is 11.3 Å². The van der Waals surface area contributed by atoms with E-state index in [0.717, 1.165) is 21.5 Å². The van der Waals surface area contributed by atoms with Gasteiger partial charge in [-0.15, -0.1) is 11.3 Å². The van der Waals surface area contributed by atoms with Crippen molar-refractivity contribution in [1.29, 1.82) is 0 Å². The van der Waals surface area contributed by atoms with Crippen molar-refractivity contribution in [3.05, 3.63) is 50.1 Å². The molecule has 1 aromatic heterocycles. The highest BCUT2D eigenvalue weighted by molar-refractivity contribution is 9.11. The number of fused-ring (bicyclic) bond motifs is 1. The Morgan fingerprint density at radius 2 is 1.92 bits per heavy atom. The maximum atomic E-state index is 12.2. The molecule has 0 saturated heterocycles. The Hall–Kier alpha value is -2.19. The van der Waals surface area contributed by atoms with Crippen molar-refractivity contribution >= 4 is 50.7 Å². The summed E-state index contributed by atoms with van der Waals surface area (Å²) in [7, 11) is 0. The molecule has 0 atom stereocenters. The summed E-state index contributed by atoms with van der Waals surface area (Å²) in [5.41, 5.74) is 7.08. The average Bonchev–Trinajstić information content (AvgIpc) is 3.24. The van der Waals surface area contributed by atoms with Gasteiger partial charge in [-0.3, -0.25) is 25.2 Å². The Kier molecular flexibility index (Phi) is 5.19. The summed E-state index contributed by atoms with van der Waals surface area (Å²) in [4.78, 5) is 38.3. The molecule has 0 bridgehead atoms. The van der Waals surface area contributed by atoms with E-state index in [1.807, 2.05) is 6.92 Å². The van der Waals surface area contributed by atoms with Gasteiger partial charge in [0.25, 0.3) is 11.8 Å². The standard InChI is InChI=1S/C17H16BrN3O3S/c1-2-15(22)21-8-7-10-9-11(3-4-12(10)21)16(23)19-20-17(24)13-5-6-14(18)25-13/h3-6,9H,2,7-8H2,1H3,(H,19,23)(H,20,24). The van der Waals surface area contributed by atoms with Crippen LogP contribution in [0.25, 0.3) is 0 Å². The Labute approximate surface area is 157 Å². The van der Waals surface area contributed by atoms with E-state index in [2.05, 4.69) is 26.8 Å². The fourth-order valence-electron chi connectivity index (χ4n) is 2.68. The summed E-state index contributed by atoms with van der Waals surface area (Å²) in [6.07, 6.45) is 1.17. The van der Waals surface area contributed by atoms with Crippen LogP contribution in [0.1, 0.15) is 38.9 Å². The molecule has 1 aromatic carbocycles. The maximum absolute atomic E-state index is 12.2. The van der Waals surface area contributed by atoms with E-state index >= 15 is 0 Å². The first-order chi connectivity index (χ1) is 12.0. The second-order valence-corrected chi connectivity index (χ2v) is 7.97. The third-order valence-corrected chi connectivity index (χ3v) is 5.55. The molecule has 25 heavy (non-hydrogen) atoms. The van der Waals surface area contributed by atoms with Crippen LogP contribution in [0, 0.1) is 0 Å². The molecule has 0 unspecified atom stereocenters. The van der Waals surface area contributed by atoms with Gasteiger partial charge < -0.3 is 4.90 Å². The molecular formula is C17H16BrN3O3S. The smallest absolute Gasteiger partial charge is 0.279 e. The zero-order valence-electron chi connectivity index (χ0n) is 13.5. The zero-order valence-corrected chi connectivity index (χ0v) is 15.9. The number of carbonyl (C=O) groups excluding carboxylic acids is 3. The highest BCUT2D eigenvalue weighted by atomic mass is 79.9. The van der Waals surface area contributed by atoms with Crippen molar-refractivity contribution in [2.45, 2.75) is 19.8 Å². The molecule has 3 rings (SSSR count). The maximum Gasteiger partial charge on any atom is 0.279 e. The van der Waals surface area contributed by atoms with Crippen LogP contribution in [0.2, 0.25) is 0 Å². The van der Waals surface area contributed by atoms with E-state index in [4.69, 9.17) is 0 Å². The molecule has 1 aliphatic heterocycles. The largest absolute Gasteiger partial charge is 0.312 e. The number of amides is 3. The van der Waals surface area contributed by atoms with Crippen molar-refractivity contribution in [2.24, 2.45) is 0 Å². The van der Waals surface area contributed by atoms with Crippen molar-refractivity contribution < 1.29 is 14.4 Å². The summed E-state index contributed by atoms with van der Waals surface area (Å²) >= 11 is 4.57. The number of hydrazine groups is 1. The number of hydrogen-bond donors (Lipinski definition) is 2. The molecule has 0 radical (unpaired) electrons. The molecule has 2 aromatic rings. The Bertz CT molecular complexity index is 849.